The zero-order valence-electron chi connectivity index (χ0n) is 14.9. The smallest absolute Gasteiger partial charge is 0.231 e. The summed E-state index contributed by atoms with van der Waals surface area (Å²) in [5.41, 5.74) is 5.76. The van der Waals surface area contributed by atoms with Crippen LogP contribution in [0.1, 0.15) is 34.1 Å². The number of hydrogen-bond donors (Lipinski definition) is 1. The molecule has 0 spiro atoms. The molecule has 5 rings (SSSR count). The summed E-state index contributed by atoms with van der Waals surface area (Å²) in [6, 6.07) is 8.05. The number of halogens is 1. The summed E-state index contributed by atoms with van der Waals surface area (Å²) in [5.74, 6) is 1.64. The van der Waals surface area contributed by atoms with Gasteiger partial charge in [0.25, 0.3) is 0 Å². The Morgan fingerprint density at radius 1 is 1.22 bits per heavy atom. The van der Waals surface area contributed by atoms with E-state index in [0.29, 0.717) is 5.15 Å². The minimum absolute atomic E-state index is 0.0367. The molecule has 1 aromatic carbocycles. The van der Waals surface area contributed by atoms with Crippen molar-refractivity contribution in [1.82, 2.24) is 19.9 Å². The Morgan fingerprint density at radius 2 is 2.07 bits per heavy atom. The fourth-order valence-electron chi connectivity index (χ4n) is 3.89. The lowest BCUT2D eigenvalue weighted by molar-refractivity contribution is 0.173. The molecule has 0 aliphatic carbocycles. The molecule has 7 heteroatoms. The van der Waals surface area contributed by atoms with Gasteiger partial charge < -0.3 is 14.5 Å². The predicted octanol–water partition coefficient (Wildman–Crippen LogP) is 3.64. The molecule has 27 heavy (non-hydrogen) atoms. The van der Waals surface area contributed by atoms with Crippen molar-refractivity contribution in [1.29, 1.82) is 0 Å². The normalized spacial score (nSPS) is 18.5. The number of imidazole rings is 1. The van der Waals surface area contributed by atoms with Gasteiger partial charge in [-0.05, 0) is 41.8 Å². The van der Waals surface area contributed by atoms with Gasteiger partial charge >= 0.3 is 0 Å². The summed E-state index contributed by atoms with van der Waals surface area (Å²) >= 11 is 6.00. The van der Waals surface area contributed by atoms with Crippen LogP contribution in [0.4, 0.5) is 0 Å². The highest BCUT2D eigenvalue weighted by molar-refractivity contribution is 6.29. The lowest BCUT2D eigenvalue weighted by Gasteiger charge is -2.35. The van der Waals surface area contributed by atoms with Gasteiger partial charge in [0, 0.05) is 31.4 Å². The van der Waals surface area contributed by atoms with E-state index >= 15 is 0 Å². The quantitative estimate of drug-likeness (QED) is 0.700. The average Bonchev–Trinajstić information content (AvgIpc) is 3.31. The van der Waals surface area contributed by atoms with Crippen molar-refractivity contribution in [2.24, 2.45) is 0 Å². The van der Waals surface area contributed by atoms with E-state index in [4.69, 9.17) is 21.1 Å². The molecule has 3 aromatic rings. The van der Waals surface area contributed by atoms with E-state index in [0.717, 1.165) is 42.3 Å². The number of fused-ring (bicyclic) bond motifs is 2. The molecular weight excluding hydrogens is 364 g/mol. The molecule has 0 saturated carbocycles. The lowest BCUT2D eigenvalue weighted by atomic mass is 9.95. The Bertz CT molecular complexity index is 986. The summed E-state index contributed by atoms with van der Waals surface area (Å²) in [6.07, 6.45) is 4.56. The first-order valence-electron chi connectivity index (χ1n) is 8.96. The highest BCUT2D eigenvalue weighted by atomic mass is 35.5. The maximum atomic E-state index is 6.00. The lowest BCUT2D eigenvalue weighted by Crippen LogP contribution is -2.36. The number of nitrogens with zero attached hydrogens (tertiary/aromatic N) is 3. The Balaban J connectivity index is 1.52. The third kappa shape index (κ3) is 2.95. The number of pyridine rings is 1. The SMILES string of the molecule is Cc1cc2c(cc1CN1CCc3[nH]cnc3C1c1ccc(Cl)nc1)OCO2. The average molecular weight is 383 g/mol. The molecule has 0 bridgehead atoms. The van der Waals surface area contributed by atoms with Crippen molar-refractivity contribution >= 4 is 11.6 Å². The maximum absolute atomic E-state index is 6.00. The Hall–Kier alpha value is -2.57. The van der Waals surface area contributed by atoms with Crippen LogP contribution >= 0.6 is 11.6 Å². The summed E-state index contributed by atoms with van der Waals surface area (Å²) in [5, 5.41) is 0.495. The number of aryl methyl sites for hydroxylation is 1. The Kier molecular flexibility index (Phi) is 4.02. The van der Waals surface area contributed by atoms with E-state index in [9.17, 15) is 0 Å². The predicted molar refractivity (Wildman–Crippen MR) is 101 cm³/mol. The number of ether oxygens (including phenoxy) is 2. The minimum Gasteiger partial charge on any atom is -0.454 e. The fourth-order valence-corrected chi connectivity index (χ4v) is 4.00. The number of aromatic nitrogens is 3. The second-order valence-electron chi connectivity index (χ2n) is 6.94. The number of rotatable bonds is 3. The van der Waals surface area contributed by atoms with E-state index in [1.54, 1.807) is 6.33 Å². The van der Waals surface area contributed by atoms with Gasteiger partial charge in [-0.2, -0.15) is 0 Å². The van der Waals surface area contributed by atoms with Crippen LogP contribution in [0.5, 0.6) is 11.5 Å². The molecule has 2 aliphatic heterocycles. The maximum Gasteiger partial charge on any atom is 0.231 e. The van der Waals surface area contributed by atoms with Gasteiger partial charge in [0.2, 0.25) is 6.79 Å². The first-order chi connectivity index (χ1) is 13.2. The Morgan fingerprint density at radius 3 is 2.89 bits per heavy atom. The van der Waals surface area contributed by atoms with Crippen molar-refractivity contribution in [2.45, 2.75) is 25.9 Å². The van der Waals surface area contributed by atoms with Gasteiger partial charge in [-0.1, -0.05) is 17.7 Å². The van der Waals surface area contributed by atoms with Crippen LogP contribution in [0.2, 0.25) is 5.15 Å². The summed E-state index contributed by atoms with van der Waals surface area (Å²) in [4.78, 5) is 14.6. The van der Waals surface area contributed by atoms with Crippen LogP contribution in [0.25, 0.3) is 0 Å². The molecule has 138 valence electrons. The Labute approximate surface area is 162 Å². The number of H-pyrrole nitrogens is 1. The number of nitrogens with one attached hydrogen (secondary N) is 1. The molecule has 6 nitrogen and oxygen atoms in total. The first-order valence-corrected chi connectivity index (χ1v) is 9.33. The van der Waals surface area contributed by atoms with Crippen molar-refractivity contribution < 1.29 is 9.47 Å². The second kappa shape index (κ2) is 6.55. The molecule has 2 aliphatic rings. The zero-order valence-corrected chi connectivity index (χ0v) is 15.7. The third-order valence-corrected chi connectivity index (χ3v) is 5.52. The van der Waals surface area contributed by atoms with Crippen molar-refractivity contribution in [3.05, 3.63) is 70.0 Å². The molecule has 1 N–H and O–H groups in total. The molecule has 1 atom stereocenters. The van der Waals surface area contributed by atoms with E-state index in [-0.39, 0.29) is 12.8 Å². The van der Waals surface area contributed by atoms with Gasteiger partial charge in [0.05, 0.1) is 18.1 Å². The fraction of sp³-hybridized carbons (Fsp3) is 0.300. The van der Waals surface area contributed by atoms with E-state index in [1.807, 2.05) is 18.3 Å². The molecule has 4 heterocycles. The molecule has 0 saturated heterocycles. The molecule has 0 radical (unpaired) electrons. The number of aromatic amines is 1. The standard InChI is InChI=1S/C20H19ClN4O2/c1-12-6-16-17(27-11-26-16)7-14(12)9-25-5-4-15-19(24-10-23-15)20(25)13-2-3-18(21)22-8-13/h2-3,6-8,10,20H,4-5,9,11H2,1H3,(H,23,24). The molecule has 0 amide bonds. The summed E-state index contributed by atoms with van der Waals surface area (Å²) < 4.78 is 11.1. The zero-order chi connectivity index (χ0) is 18.4. The molecule has 0 fully saturated rings. The summed E-state index contributed by atoms with van der Waals surface area (Å²) in [7, 11) is 0. The third-order valence-electron chi connectivity index (χ3n) is 5.30. The summed E-state index contributed by atoms with van der Waals surface area (Å²) in [6.45, 7) is 4.12. The van der Waals surface area contributed by atoms with Gasteiger partial charge in [-0.25, -0.2) is 9.97 Å². The molecule has 1 unspecified atom stereocenters. The van der Waals surface area contributed by atoms with Gasteiger partial charge in [-0.3, -0.25) is 4.90 Å². The van der Waals surface area contributed by atoms with E-state index < -0.39 is 0 Å². The van der Waals surface area contributed by atoms with Crippen LogP contribution in [0, 0.1) is 6.92 Å². The van der Waals surface area contributed by atoms with Crippen LogP contribution in [0.15, 0.2) is 36.8 Å². The number of benzene rings is 1. The van der Waals surface area contributed by atoms with Crippen molar-refractivity contribution in [3.63, 3.8) is 0 Å². The first kappa shape index (κ1) is 16.6. The number of hydrogen-bond acceptors (Lipinski definition) is 5. The largest absolute Gasteiger partial charge is 0.454 e. The highest BCUT2D eigenvalue weighted by Gasteiger charge is 2.32. The van der Waals surface area contributed by atoms with Crippen LogP contribution in [-0.2, 0) is 13.0 Å². The van der Waals surface area contributed by atoms with E-state index in [1.165, 1.54) is 16.8 Å². The minimum atomic E-state index is 0.0367. The molecular formula is C20H19ClN4O2. The highest BCUT2D eigenvalue weighted by Crippen LogP contribution is 2.38. The van der Waals surface area contributed by atoms with Crippen LogP contribution in [0.3, 0.4) is 0 Å². The monoisotopic (exact) mass is 382 g/mol. The second-order valence-corrected chi connectivity index (χ2v) is 7.32. The van der Waals surface area contributed by atoms with Crippen molar-refractivity contribution in [3.8, 4) is 11.5 Å². The van der Waals surface area contributed by atoms with Gasteiger partial charge in [0.15, 0.2) is 11.5 Å². The van der Waals surface area contributed by atoms with Crippen LogP contribution in [-0.4, -0.2) is 33.2 Å². The van der Waals surface area contributed by atoms with Gasteiger partial charge in [0.1, 0.15) is 5.15 Å². The van der Waals surface area contributed by atoms with Crippen LogP contribution < -0.4 is 9.47 Å². The molecule has 2 aromatic heterocycles. The topological polar surface area (TPSA) is 63.3 Å². The van der Waals surface area contributed by atoms with E-state index in [2.05, 4.69) is 38.9 Å². The van der Waals surface area contributed by atoms with Gasteiger partial charge in [-0.15, -0.1) is 0 Å². The van der Waals surface area contributed by atoms with Crippen molar-refractivity contribution in [2.75, 3.05) is 13.3 Å².